The molecule has 2 amide bonds. The SMILES string of the molecule is C[C@@H](CC(=O)OCC(=O)NNC(=O)[C@H]1COc2ccccc2O1)c1ccccc1. The van der Waals surface area contributed by atoms with Gasteiger partial charge in [-0.15, -0.1) is 0 Å². The van der Waals surface area contributed by atoms with Gasteiger partial charge in [-0.25, -0.2) is 0 Å². The van der Waals surface area contributed by atoms with E-state index in [0.717, 1.165) is 5.56 Å². The second-order valence-corrected chi connectivity index (χ2v) is 6.58. The van der Waals surface area contributed by atoms with Gasteiger partial charge in [-0.2, -0.15) is 0 Å². The van der Waals surface area contributed by atoms with Crippen LogP contribution in [0.5, 0.6) is 11.5 Å². The molecule has 8 heteroatoms. The molecule has 0 spiro atoms. The Morgan fingerprint density at radius 1 is 1.03 bits per heavy atom. The smallest absolute Gasteiger partial charge is 0.306 e. The highest BCUT2D eigenvalue weighted by atomic mass is 16.6. The van der Waals surface area contributed by atoms with Crippen LogP contribution in [-0.2, 0) is 19.1 Å². The summed E-state index contributed by atoms with van der Waals surface area (Å²) in [6, 6.07) is 16.5. The van der Waals surface area contributed by atoms with Crippen LogP contribution in [0.25, 0.3) is 0 Å². The summed E-state index contributed by atoms with van der Waals surface area (Å²) in [5.74, 6) is -0.752. The Labute approximate surface area is 168 Å². The third kappa shape index (κ3) is 5.71. The first-order chi connectivity index (χ1) is 14.0. The second-order valence-electron chi connectivity index (χ2n) is 6.58. The lowest BCUT2D eigenvalue weighted by atomic mass is 9.98. The lowest BCUT2D eigenvalue weighted by Crippen LogP contribution is -2.51. The maximum Gasteiger partial charge on any atom is 0.306 e. The van der Waals surface area contributed by atoms with E-state index in [0.29, 0.717) is 11.5 Å². The molecule has 2 atom stereocenters. The molecule has 1 aliphatic heterocycles. The summed E-state index contributed by atoms with van der Waals surface area (Å²) in [4.78, 5) is 35.8. The van der Waals surface area contributed by atoms with Crippen LogP contribution in [0.4, 0.5) is 0 Å². The van der Waals surface area contributed by atoms with Gasteiger partial charge >= 0.3 is 5.97 Å². The lowest BCUT2D eigenvalue weighted by Gasteiger charge is -2.25. The van der Waals surface area contributed by atoms with Gasteiger partial charge in [0.25, 0.3) is 11.8 Å². The first-order valence-electron chi connectivity index (χ1n) is 9.20. The van der Waals surface area contributed by atoms with E-state index >= 15 is 0 Å². The summed E-state index contributed by atoms with van der Waals surface area (Å²) in [5, 5.41) is 0. The van der Waals surface area contributed by atoms with Gasteiger partial charge in [0.1, 0.15) is 6.61 Å². The van der Waals surface area contributed by atoms with E-state index < -0.39 is 30.5 Å². The number of hydrogen-bond donors (Lipinski definition) is 2. The van der Waals surface area contributed by atoms with E-state index in [1.54, 1.807) is 24.3 Å². The number of fused-ring (bicyclic) bond motifs is 1. The first-order valence-corrected chi connectivity index (χ1v) is 9.20. The molecule has 0 bridgehead atoms. The Morgan fingerprint density at radius 2 is 1.72 bits per heavy atom. The first kappa shape index (κ1) is 20.2. The van der Waals surface area contributed by atoms with Crippen molar-refractivity contribution in [3.63, 3.8) is 0 Å². The van der Waals surface area contributed by atoms with E-state index in [4.69, 9.17) is 14.2 Å². The Balaban J connectivity index is 1.36. The van der Waals surface area contributed by atoms with Crippen LogP contribution in [0.15, 0.2) is 54.6 Å². The monoisotopic (exact) mass is 398 g/mol. The van der Waals surface area contributed by atoms with E-state index in [-0.39, 0.29) is 18.9 Å². The molecule has 2 N–H and O–H groups in total. The number of carbonyl (C=O) groups excluding carboxylic acids is 3. The molecule has 29 heavy (non-hydrogen) atoms. The summed E-state index contributed by atoms with van der Waals surface area (Å²) in [6.45, 7) is 1.43. The van der Waals surface area contributed by atoms with Crippen LogP contribution < -0.4 is 20.3 Å². The number of amides is 2. The van der Waals surface area contributed by atoms with Gasteiger partial charge in [0.2, 0.25) is 6.10 Å². The molecular formula is C21H22N2O6. The number of carbonyl (C=O) groups is 3. The number of hydrazine groups is 1. The maximum absolute atomic E-state index is 12.1. The maximum atomic E-state index is 12.1. The van der Waals surface area contributed by atoms with Crippen molar-refractivity contribution in [1.82, 2.24) is 10.9 Å². The summed E-state index contributed by atoms with van der Waals surface area (Å²) in [6.07, 6.45) is -0.754. The number of benzene rings is 2. The number of para-hydroxylation sites is 2. The molecule has 0 radical (unpaired) electrons. The Morgan fingerprint density at radius 3 is 2.48 bits per heavy atom. The fourth-order valence-electron chi connectivity index (χ4n) is 2.75. The molecule has 0 aromatic heterocycles. The van der Waals surface area contributed by atoms with E-state index in [1.807, 2.05) is 37.3 Å². The summed E-state index contributed by atoms with van der Waals surface area (Å²) in [7, 11) is 0. The molecule has 0 fully saturated rings. The largest absolute Gasteiger partial charge is 0.485 e. The molecule has 1 aliphatic rings. The van der Waals surface area contributed by atoms with Crippen molar-refractivity contribution < 1.29 is 28.6 Å². The minimum atomic E-state index is -0.903. The van der Waals surface area contributed by atoms with Crippen LogP contribution >= 0.6 is 0 Å². The Hall–Kier alpha value is -3.55. The zero-order valence-corrected chi connectivity index (χ0v) is 15.9. The number of rotatable bonds is 6. The van der Waals surface area contributed by atoms with E-state index in [9.17, 15) is 14.4 Å². The van der Waals surface area contributed by atoms with Crippen molar-refractivity contribution in [2.45, 2.75) is 25.4 Å². The van der Waals surface area contributed by atoms with Gasteiger partial charge in [0, 0.05) is 0 Å². The summed E-state index contributed by atoms with van der Waals surface area (Å²) in [5.41, 5.74) is 5.44. The number of hydrogen-bond acceptors (Lipinski definition) is 6. The Kier molecular flexibility index (Phi) is 6.67. The van der Waals surface area contributed by atoms with Crippen LogP contribution in [0.2, 0.25) is 0 Å². The number of esters is 1. The predicted molar refractivity (Wildman–Crippen MR) is 103 cm³/mol. The molecule has 0 saturated heterocycles. The van der Waals surface area contributed by atoms with Gasteiger partial charge in [-0.3, -0.25) is 25.2 Å². The third-order valence-corrected chi connectivity index (χ3v) is 4.33. The molecule has 0 saturated carbocycles. The predicted octanol–water partition coefficient (Wildman–Crippen LogP) is 1.71. The van der Waals surface area contributed by atoms with Gasteiger partial charge in [-0.1, -0.05) is 49.4 Å². The minimum Gasteiger partial charge on any atom is -0.485 e. The normalized spacial score (nSPS) is 15.7. The van der Waals surface area contributed by atoms with Gasteiger partial charge in [0.05, 0.1) is 6.42 Å². The molecule has 152 valence electrons. The summed E-state index contributed by atoms with van der Waals surface area (Å²) >= 11 is 0. The highest BCUT2D eigenvalue weighted by molar-refractivity contribution is 5.86. The van der Waals surface area contributed by atoms with Crippen LogP contribution in [0, 0.1) is 0 Å². The van der Waals surface area contributed by atoms with Crippen molar-refractivity contribution in [2.75, 3.05) is 13.2 Å². The minimum absolute atomic E-state index is 0.0189. The second kappa shape index (κ2) is 9.59. The fourth-order valence-corrected chi connectivity index (χ4v) is 2.75. The quantitative estimate of drug-likeness (QED) is 0.567. The molecule has 8 nitrogen and oxygen atoms in total. The van der Waals surface area contributed by atoms with Gasteiger partial charge in [-0.05, 0) is 23.6 Å². The zero-order chi connectivity index (χ0) is 20.6. The van der Waals surface area contributed by atoms with Crippen molar-refractivity contribution in [1.29, 1.82) is 0 Å². The van der Waals surface area contributed by atoms with Crippen molar-refractivity contribution in [3.8, 4) is 11.5 Å². The average Bonchev–Trinajstić information content (AvgIpc) is 2.76. The molecule has 2 aromatic rings. The summed E-state index contributed by atoms with van der Waals surface area (Å²) < 4.78 is 15.9. The lowest BCUT2D eigenvalue weighted by molar-refractivity contribution is -0.149. The highest BCUT2D eigenvalue weighted by Gasteiger charge is 2.27. The molecule has 2 aromatic carbocycles. The zero-order valence-electron chi connectivity index (χ0n) is 15.9. The Bertz CT molecular complexity index is 870. The van der Waals surface area contributed by atoms with Gasteiger partial charge < -0.3 is 14.2 Å². The third-order valence-electron chi connectivity index (χ3n) is 4.33. The van der Waals surface area contributed by atoms with E-state index in [1.165, 1.54) is 0 Å². The van der Waals surface area contributed by atoms with Crippen molar-refractivity contribution >= 4 is 17.8 Å². The van der Waals surface area contributed by atoms with Crippen LogP contribution in [-0.4, -0.2) is 37.1 Å². The molecule has 0 aliphatic carbocycles. The van der Waals surface area contributed by atoms with Crippen molar-refractivity contribution in [3.05, 3.63) is 60.2 Å². The number of ether oxygens (including phenoxy) is 3. The molecule has 1 heterocycles. The molecular weight excluding hydrogens is 376 g/mol. The highest BCUT2D eigenvalue weighted by Crippen LogP contribution is 2.30. The van der Waals surface area contributed by atoms with Crippen LogP contribution in [0.1, 0.15) is 24.8 Å². The van der Waals surface area contributed by atoms with Crippen molar-refractivity contribution in [2.24, 2.45) is 0 Å². The standard InChI is InChI=1S/C21H22N2O6/c1-14(15-7-3-2-4-8-15)11-20(25)28-13-19(24)22-23-21(26)18-12-27-16-9-5-6-10-17(16)29-18/h2-10,14,18H,11-13H2,1H3,(H,22,24)(H,23,26)/t14-,18+/m0/s1. The van der Waals surface area contributed by atoms with E-state index in [2.05, 4.69) is 10.9 Å². The fraction of sp³-hybridized carbons (Fsp3) is 0.286. The number of nitrogens with one attached hydrogen (secondary N) is 2. The molecule has 0 unspecified atom stereocenters. The molecule has 3 rings (SSSR count). The van der Waals surface area contributed by atoms with Gasteiger partial charge in [0.15, 0.2) is 18.1 Å². The average molecular weight is 398 g/mol. The van der Waals surface area contributed by atoms with Crippen LogP contribution in [0.3, 0.4) is 0 Å². The topological polar surface area (TPSA) is 103 Å².